The fourth-order valence-electron chi connectivity index (χ4n) is 5.43. The SMILES string of the molecule is CC[C@H](NC(=O)c1ccccc1N(Cc1ccccc1)S(=O)(=O)c1ccc(OC)cc1)c1ccc2c(c1)CCCC2. The molecule has 1 amide bonds. The van der Waals surface area contributed by atoms with Crippen molar-refractivity contribution in [3.05, 3.63) is 125 Å². The van der Waals surface area contributed by atoms with Gasteiger partial charge in [-0.3, -0.25) is 9.10 Å². The smallest absolute Gasteiger partial charge is 0.264 e. The van der Waals surface area contributed by atoms with E-state index in [0.29, 0.717) is 23.4 Å². The monoisotopic (exact) mass is 568 g/mol. The van der Waals surface area contributed by atoms with Crippen LogP contribution in [0.3, 0.4) is 0 Å². The van der Waals surface area contributed by atoms with E-state index in [2.05, 4.69) is 23.5 Å². The lowest BCUT2D eigenvalue weighted by molar-refractivity contribution is 0.0936. The summed E-state index contributed by atoms with van der Waals surface area (Å²) in [5.74, 6) is 0.249. The minimum absolute atomic E-state index is 0.0710. The average Bonchev–Trinajstić information content (AvgIpc) is 3.02. The van der Waals surface area contributed by atoms with Crippen molar-refractivity contribution in [2.24, 2.45) is 0 Å². The van der Waals surface area contributed by atoms with Crippen molar-refractivity contribution in [1.82, 2.24) is 5.32 Å². The molecule has 1 atom stereocenters. The number of fused-ring (bicyclic) bond motifs is 1. The molecule has 0 spiro atoms. The summed E-state index contributed by atoms with van der Waals surface area (Å²) in [5.41, 5.74) is 5.27. The molecule has 0 heterocycles. The third-order valence-corrected chi connectivity index (χ3v) is 9.50. The Labute approximate surface area is 243 Å². The highest BCUT2D eigenvalue weighted by atomic mass is 32.2. The van der Waals surface area contributed by atoms with Crippen LogP contribution >= 0.6 is 0 Å². The standard InChI is InChI=1S/C34H36N2O4S/c1-3-32(28-18-17-26-13-7-8-14-27(26)23-28)35-34(37)31-15-9-10-16-33(31)36(24-25-11-5-4-6-12-25)41(38,39)30-21-19-29(40-2)20-22-30/h4-6,9-12,15-23,32H,3,7-8,13-14,24H2,1-2H3,(H,35,37)/t32-/m0/s1. The summed E-state index contributed by atoms with van der Waals surface area (Å²) < 4.78 is 34.7. The number of amides is 1. The number of carbonyl (C=O) groups is 1. The maximum absolute atomic E-state index is 14.1. The molecular weight excluding hydrogens is 532 g/mol. The molecule has 0 fully saturated rings. The van der Waals surface area contributed by atoms with Crippen LogP contribution in [-0.4, -0.2) is 21.4 Å². The van der Waals surface area contributed by atoms with Crippen LogP contribution in [-0.2, 0) is 29.4 Å². The van der Waals surface area contributed by atoms with Crippen molar-refractivity contribution in [1.29, 1.82) is 0 Å². The highest BCUT2D eigenvalue weighted by Crippen LogP contribution is 2.31. The normalized spacial score (nSPS) is 13.6. The van der Waals surface area contributed by atoms with Gasteiger partial charge in [-0.1, -0.05) is 67.6 Å². The zero-order chi connectivity index (χ0) is 28.8. The number of carbonyl (C=O) groups excluding carboxylic acids is 1. The highest BCUT2D eigenvalue weighted by molar-refractivity contribution is 7.92. The van der Waals surface area contributed by atoms with Gasteiger partial charge in [0.25, 0.3) is 15.9 Å². The first kappa shape index (κ1) is 28.4. The maximum atomic E-state index is 14.1. The van der Waals surface area contributed by atoms with Crippen molar-refractivity contribution in [2.75, 3.05) is 11.4 Å². The fraction of sp³-hybridized carbons (Fsp3) is 0.265. The minimum atomic E-state index is -4.03. The Bertz CT molecular complexity index is 1600. The van der Waals surface area contributed by atoms with E-state index in [4.69, 9.17) is 4.74 Å². The Morgan fingerprint density at radius 1 is 0.878 bits per heavy atom. The third kappa shape index (κ3) is 6.30. The lowest BCUT2D eigenvalue weighted by Crippen LogP contribution is -2.34. The van der Waals surface area contributed by atoms with Crippen molar-refractivity contribution in [2.45, 2.75) is 56.5 Å². The van der Waals surface area contributed by atoms with Crippen LogP contribution in [0.15, 0.2) is 102 Å². The predicted octanol–water partition coefficient (Wildman–Crippen LogP) is 6.85. The predicted molar refractivity (Wildman–Crippen MR) is 163 cm³/mol. The Balaban J connectivity index is 1.50. The average molecular weight is 569 g/mol. The molecular formula is C34H36N2O4S. The number of sulfonamides is 1. The largest absolute Gasteiger partial charge is 0.497 e. The Morgan fingerprint density at radius 2 is 1.56 bits per heavy atom. The second-order valence-electron chi connectivity index (χ2n) is 10.4. The summed E-state index contributed by atoms with van der Waals surface area (Å²) in [4.78, 5) is 14.0. The van der Waals surface area contributed by atoms with Crippen molar-refractivity contribution < 1.29 is 17.9 Å². The minimum Gasteiger partial charge on any atom is -0.497 e. The number of benzene rings is 4. The third-order valence-electron chi connectivity index (χ3n) is 7.72. The second kappa shape index (κ2) is 12.6. The number of anilines is 1. The summed E-state index contributed by atoms with van der Waals surface area (Å²) >= 11 is 0. The van der Waals surface area contributed by atoms with Crippen molar-refractivity contribution in [3.8, 4) is 5.75 Å². The molecule has 0 radical (unpaired) electrons. The van der Waals surface area contributed by atoms with Gasteiger partial charge in [0.1, 0.15) is 5.75 Å². The molecule has 212 valence electrons. The number of aryl methyl sites for hydroxylation is 2. The van der Waals surface area contributed by atoms with Gasteiger partial charge in [-0.15, -0.1) is 0 Å². The van der Waals surface area contributed by atoms with Gasteiger partial charge in [0.15, 0.2) is 0 Å². The van der Waals surface area contributed by atoms with Crippen LogP contribution in [0.4, 0.5) is 5.69 Å². The summed E-state index contributed by atoms with van der Waals surface area (Å²) in [6.45, 7) is 2.12. The fourth-order valence-corrected chi connectivity index (χ4v) is 6.91. The zero-order valence-electron chi connectivity index (χ0n) is 23.5. The number of methoxy groups -OCH3 is 1. The van der Waals surface area contributed by atoms with Crippen LogP contribution < -0.4 is 14.4 Å². The van der Waals surface area contributed by atoms with Gasteiger partial charge >= 0.3 is 0 Å². The lowest BCUT2D eigenvalue weighted by atomic mass is 9.88. The molecule has 5 rings (SSSR count). The zero-order valence-corrected chi connectivity index (χ0v) is 24.4. The van der Waals surface area contributed by atoms with E-state index in [1.807, 2.05) is 37.3 Å². The number of hydrogen-bond donors (Lipinski definition) is 1. The van der Waals surface area contributed by atoms with Gasteiger partial charge in [0.05, 0.1) is 35.8 Å². The van der Waals surface area contributed by atoms with Gasteiger partial charge in [0, 0.05) is 0 Å². The first-order valence-corrected chi connectivity index (χ1v) is 15.6. The summed E-state index contributed by atoms with van der Waals surface area (Å²) in [6.07, 6.45) is 5.29. The van der Waals surface area contributed by atoms with E-state index in [1.165, 1.54) is 47.5 Å². The van der Waals surface area contributed by atoms with Crippen LogP contribution in [0.2, 0.25) is 0 Å². The molecule has 4 aromatic rings. The van der Waals surface area contributed by atoms with Crippen molar-refractivity contribution >= 4 is 21.6 Å². The molecule has 41 heavy (non-hydrogen) atoms. The van der Waals surface area contributed by atoms with Gasteiger partial charge < -0.3 is 10.1 Å². The van der Waals surface area contributed by atoms with Crippen LogP contribution in [0.5, 0.6) is 5.75 Å². The van der Waals surface area contributed by atoms with E-state index >= 15 is 0 Å². The van der Waals surface area contributed by atoms with Gasteiger partial charge in [-0.25, -0.2) is 8.42 Å². The van der Waals surface area contributed by atoms with E-state index in [1.54, 1.807) is 36.4 Å². The molecule has 0 unspecified atom stereocenters. The van der Waals surface area contributed by atoms with E-state index < -0.39 is 10.0 Å². The van der Waals surface area contributed by atoms with Crippen LogP contribution in [0, 0.1) is 0 Å². The topological polar surface area (TPSA) is 75.7 Å². The Hall–Kier alpha value is -4.10. The molecule has 1 aliphatic rings. The second-order valence-corrected chi connectivity index (χ2v) is 12.2. The molecule has 1 aliphatic carbocycles. The molecule has 6 nitrogen and oxygen atoms in total. The first-order valence-electron chi connectivity index (χ1n) is 14.1. The number of hydrogen-bond acceptors (Lipinski definition) is 4. The van der Waals surface area contributed by atoms with Crippen LogP contribution in [0.25, 0.3) is 0 Å². The van der Waals surface area contributed by atoms with Gasteiger partial charge in [-0.2, -0.15) is 0 Å². The Kier molecular flexibility index (Phi) is 8.74. The number of ether oxygens (including phenoxy) is 1. The number of nitrogens with one attached hydrogen (secondary N) is 1. The summed E-state index contributed by atoms with van der Waals surface area (Å²) in [5, 5.41) is 3.19. The lowest BCUT2D eigenvalue weighted by Gasteiger charge is -2.27. The number of para-hydroxylation sites is 1. The van der Waals surface area contributed by atoms with Gasteiger partial charge in [-0.05, 0) is 90.8 Å². The number of nitrogens with zero attached hydrogens (tertiary/aromatic N) is 1. The molecule has 0 aliphatic heterocycles. The van der Waals surface area contributed by atoms with E-state index in [-0.39, 0.29) is 23.4 Å². The quantitative estimate of drug-likeness (QED) is 0.227. The van der Waals surface area contributed by atoms with Crippen LogP contribution in [0.1, 0.15) is 64.8 Å². The van der Waals surface area contributed by atoms with Gasteiger partial charge in [0.2, 0.25) is 0 Å². The highest BCUT2D eigenvalue weighted by Gasteiger charge is 2.29. The molecule has 4 aromatic carbocycles. The number of rotatable bonds is 10. The molecule has 0 aromatic heterocycles. The maximum Gasteiger partial charge on any atom is 0.264 e. The van der Waals surface area contributed by atoms with E-state index in [9.17, 15) is 13.2 Å². The first-order chi connectivity index (χ1) is 19.9. The van der Waals surface area contributed by atoms with E-state index in [0.717, 1.165) is 24.0 Å². The Morgan fingerprint density at radius 3 is 2.27 bits per heavy atom. The molecule has 0 bridgehead atoms. The molecule has 0 saturated heterocycles. The molecule has 7 heteroatoms. The molecule has 0 saturated carbocycles. The molecule has 1 N–H and O–H groups in total. The summed E-state index contributed by atoms with van der Waals surface area (Å²) in [6, 6.07) is 28.9. The van der Waals surface area contributed by atoms with Crippen molar-refractivity contribution in [3.63, 3.8) is 0 Å². The summed E-state index contributed by atoms with van der Waals surface area (Å²) in [7, 11) is -2.50.